The maximum absolute atomic E-state index is 4.19. The van der Waals surface area contributed by atoms with Crippen molar-refractivity contribution in [2.75, 3.05) is 65.0 Å². The predicted molar refractivity (Wildman–Crippen MR) is 76.1 cm³/mol. The average Bonchev–Trinajstić information content (AvgIpc) is 2.28. The van der Waals surface area contributed by atoms with Crippen LogP contribution in [0, 0.1) is 0 Å². The lowest BCUT2D eigenvalue weighted by Gasteiger charge is -2.12. The van der Waals surface area contributed by atoms with Crippen molar-refractivity contribution in [1.82, 2.24) is 19.8 Å². The van der Waals surface area contributed by atoms with E-state index in [2.05, 4.69) is 58.6 Å². The molecule has 1 heterocycles. The summed E-state index contributed by atoms with van der Waals surface area (Å²) in [6.07, 6.45) is 1.58. The van der Waals surface area contributed by atoms with Crippen LogP contribution in [-0.2, 0) is 0 Å². The van der Waals surface area contributed by atoms with Gasteiger partial charge < -0.3 is 20.4 Å². The SMILES string of the molecule is CN(C)CCNc1cc(NCCN(C)C)ncn1. The molecular formula is C12H24N6. The molecule has 18 heavy (non-hydrogen) atoms. The molecule has 0 aliphatic rings. The van der Waals surface area contributed by atoms with E-state index in [9.17, 15) is 0 Å². The van der Waals surface area contributed by atoms with Crippen molar-refractivity contribution >= 4 is 11.6 Å². The van der Waals surface area contributed by atoms with Gasteiger partial charge in [-0.25, -0.2) is 9.97 Å². The summed E-state index contributed by atoms with van der Waals surface area (Å²) in [6, 6.07) is 1.94. The van der Waals surface area contributed by atoms with Crippen LogP contribution in [0.1, 0.15) is 0 Å². The summed E-state index contributed by atoms with van der Waals surface area (Å²) in [6.45, 7) is 3.71. The predicted octanol–water partition coefficient (Wildman–Crippen LogP) is 0.424. The van der Waals surface area contributed by atoms with Crippen LogP contribution in [-0.4, -0.2) is 74.1 Å². The lowest BCUT2D eigenvalue weighted by atomic mass is 10.4. The van der Waals surface area contributed by atoms with Crippen LogP contribution in [0.5, 0.6) is 0 Å². The molecule has 0 fully saturated rings. The summed E-state index contributed by atoms with van der Waals surface area (Å²) in [7, 11) is 8.21. The maximum atomic E-state index is 4.19. The van der Waals surface area contributed by atoms with E-state index >= 15 is 0 Å². The Labute approximate surface area is 109 Å². The molecule has 2 N–H and O–H groups in total. The Hall–Kier alpha value is -1.40. The van der Waals surface area contributed by atoms with Crippen molar-refractivity contribution in [3.05, 3.63) is 12.4 Å². The highest BCUT2D eigenvalue weighted by Gasteiger charge is 1.98. The Balaban J connectivity index is 2.36. The number of hydrogen-bond donors (Lipinski definition) is 2. The molecule has 1 aromatic heterocycles. The smallest absolute Gasteiger partial charge is 0.131 e. The molecule has 0 unspecified atom stereocenters. The molecule has 0 saturated heterocycles. The van der Waals surface area contributed by atoms with Gasteiger partial charge in [0, 0.05) is 32.2 Å². The molecule has 0 aliphatic heterocycles. The van der Waals surface area contributed by atoms with Crippen molar-refractivity contribution in [3.63, 3.8) is 0 Å². The Morgan fingerprint density at radius 1 is 0.889 bits per heavy atom. The fraction of sp³-hybridized carbons (Fsp3) is 0.667. The number of rotatable bonds is 8. The molecule has 6 heteroatoms. The van der Waals surface area contributed by atoms with Gasteiger partial charge in [0.25, 0.3) is 0 Å². The van der Waals surface area contributed by atoms with Crippen molar-refractivity contribution in [2.24, 2.45) is 0 Å². The largest absolute Gasteiger partial charge is 0.369 e. The minimum absolute atomic E-state index is 0.860. The van der Waals surface area contributed by atoms with E-state index in [1.807, 2.05) is 6.07 Å². The van der Waals surface area contributed by atoms with Crippen molar-refractivity contribution in [1.29, 1.82) is 0 Å². The van der Waals surface area contributed by atoms with Gasteiger partial charge in [0.1, 0.15) is 18.0 Å². The average molecular weight is 252 g/mol. The first-order chi connectivity index (χ1) is 8.58. The lowest BCUT2D eigenvalue weighted by molar-refractivity contribution is 0.425. The molecule has 1 aromatic rings. The summed E-state index contributed by atoms with van der Waals surface area (Å²) in [4.78, 5) is 12.6. The number of anilines is 2. The van der Waals surface area contributed by atoms with Crippen LogP contribution in [0.2, 0.25) is 0 Å². The number of nitrogens with zero attached hydrogens (tertiary/aromatic N) is 4. The van der Waals surface area contributed by atoms with Crippen LogP contribution < -0.4 is 10.6 Å². The van der Waals surface area contributed by atoms with E-state index in [0.717, 1.165) is 37.8 Å². The minimum atomic E-state index is 0.860. The standard InChI is InChI=1S/C12H24N6/c1-17(2)7-5-13-11-9-12(16-10-15-11)14-6-8-18(3)4/h9-10H,5-8H2,1-4H3,(H2,13,14,15,16). The van der Waals surface area contributed by atoms with E-state index in [-0.39, 0.29) is 0 Å². The molecule has 0 amide bonds. The van der Waals surface area contributed by atoms with Gasteiger partial charge in [0.2, 0.25) is 0 Å². The van der Waals surface area contributed by atoms with Crippen LogP contribution in [0.4, 0.5) is 11.6 Å². The first-order valence-corrected chi connectivity index (χ1v) is 6.17. The van der Waals surface area contributed by atoms with Gasteiger partial charge in [-0.3, -0.25) is 0 Å². The monoisotopic (exact) mass is 252 g/mol. The van der Waals surface area contributed by atoms with Gasteiger partial charge in [-0.05, 0) is 28.2 Å². The third kappa shape index (κ3) is 6.36. The molecule has 0 saturated carbocycles. The molecule has 6 nitrogen and oxygen atoms in total. The van der Waals surface area contributed by atoms with Gasteiger partial charge in [-0.2, -0.15) is 0 Å². The Bertz CT molecular complexity index is 310. The van der Waals surface area contributed by atoms with Crippen molar-refractivity contribution in [3.8, 4) is 0 Å². The van der Waals surface area contributed by atoms with Gasteiger partial charge in [0.05, 0.1) is 0 Å². The molecule has 0 aromatic carbocycles. The number of likely N-dealkylation sites (N-methyl/N-ethyl adjacent to an activating group) is 2. The van der Waals surface area contributed by atoms with E-state index in [1.165, 1.54) is 0 Å². The molecule has 0 radical (unpaired) electrons. The Morgan fingerprint density at radius 3 is 1.72 bits per heavy atom. The first-order valence-electron chi connectivity index (χ1n) is 6.17. The minimum Gasteiger partial charge on any atom is -0.369 e. The molecule has 102 valence electrons. The fourth-order valence-electron chi connectivity index (χ4n) is 1.37. The van der Waals surface area contributed by atoms with Gasteiger partial charge >= 0.3 is 0 Å². The highest BCUT2D eigenvalue weighted by atomic mass is 15.1. The second-order valence-corrected chi connectivity index (χ2v) is 4.75. The normalized spacial score (nSPS) is 11.0. The number of nitrogens with one attached hydrogen (secondary N) is 2. The molecular weight excluding hydrogens is 228 g/mol. The van der Waals surface area contributed by atoms with E-state index < -0.39 is 0 Å². The second kappa shape index (κ2) is 7.84. The zero-order valence-electron chi connectivity index (χ0n) is 11.8. The maximum Gasteiger partial charge on any atom is 0.131 e. The third-order valence-corrected chi connectivity index (χ3v) is 2.40. The topological polar surface area (TPSA) is 56.3 Å². The molecule has 0 spiro atoms. The summed E-state index contributed by atoms with van der Waals surface area (Å²) >= 11 is 0. The van der Waals surface area contributed by atoms with Crippen molar-refractivity contribution < 1.29 is 0 Å². The number of aromatic nitrogens is 2. The van der Waals surface area contributed by atoms with E-state index in [4.69, 9.17) is 0 Å². The van der Waals surface area contributed by atoms with Crippen LogP contribution in [0.3, 0.4) is 0 Å². The molecule has 1 rings (SSSR count). The van der Waals surface area contributed by atoms with Crippen LogP contribution in [0.25, 0.3) is 0 Å². The molecule has 0 atom stereocenters. The molecule has 0 bridgehead atoms. The van der Waals surface area contributed by atoms with Crippen molar-refractivity contribution in [2.45, 2.75) is 0 Å². The fourth-order valence-corrected chi connectivity index (χ4v) is 1.37. The Morgan fingerprint density at radius 2 is 1.33 bits per heavy atom. The highest BCUT2D eigenvalue weighted by molar-refractivity contribution is 5.46. The Kier molecular flexibility index (Phi) is 6.38. The van der Waals surface area contributed by atoms with E-state index in [1.54, 1.807) is 6.33 Å². The summed E-state index contributed by atoms with van der Waals surface area (Å²) < 4.78 is 0. The summed E-state index contributed by atoms with van der Waals surface area (Å²) in [5, 5.41) is 6.54. The zero-order valence-corrected chi connectivity index (χ0v) is 11.8. The molecule has 0 aliphatic carbocycles. The number of hydrogen-bond acceptors (Lipinski definition) is 6. The van der Waals surface area contributed by atoms with Gasteiger partial charge in [-0.15, -0.1) is 0 Å². The van der Waals surface area contributed by atoms with E-state index in [0.29, 0.717) is 0 Å². The third-order valence-electron chi connectivity index (χ3n) is 2.40. The highest BCUT2D eigenvalue weighted by Crippen LogP contribution is 2.07. The zero-order chi connectivity index (χ0) is 13.4. The van der Waals surface area contributed by atoms with Crippen LogP contribution in [0.15, 0.2) is 12.4 Å². The summed E-state index contributed by atoms with van der Waals surface area (Å²) in [5.41, 5.74) is 0. The summed E-state index contributed by atoms with van der Waals surface area (Å²) in [5.74, 6) is 1.72. The second-order valence-electron chi connectivity index (χ2n) is 4.75. The van der Waals surface area contributed by atoms with Gasteiger partial charge in [-0.1, -0.05) is 0 Å². The lowest BCUT2D eigenvalue weighted by Crippen LogP contribution is -2.22. The quantitative estimate of drug-likeness (QED) is 0.699. The first kappa shape index (κ1) is 14.7. The van der Waals surface area contributed by atoms with Gasteiger partial charge in [0.15, 0.2) is 0 Å². The van der Waals surface area contributed by atoms with Crippen LogP contribution >= 0.6 is 0 Å².